The van der Waals surface area contributed by atoms with E-state index < -0.39 is 6.03 Å². The molecule has 0 aliphatic heterocycles. The maximum Gasteiger partial charge on any atom is 0.323 e. The molecule has 0 radical (unpaired) electrons. The van der Waals surface area contributed by atoms with Crippen LogP contribution in [0.2, 0.25) is 0 Å². The van der Waals surface area contributed by atoms with E-state index in [1.807, 2.05) is 12.1 Å². The van der Waals surface area contributed by atoms with Crippen molar-refractivity contribution in [3.8, 4) is 0 Å². The fraction of sp³-hybridized carbons (Fsp3) is 0.105. The van der Waals surface area contributed by atoms with Crippen molar-refractivity contribution in [3.63, 3.8) is 0 Å². The molecule has 0 aliphatic rings. The van der Waals surface area contributed by atoms with Gasteiger partial charge >= 0.3 is 6.03 Å². The summed E-state index contributed by atoms with van der Waals surface area (Å²) in [7, 11) is 0. The maximum absolute atomic E-state index is 12.4. The Morgan fingerprint density at radius 2 is 1.10 bits per heavy atom. The lowest BCUT2D eigenvalue weighted by molar-refractivity contribution is 0.262. The Kier molecular flexibility index (Phi) is 7.46. The summed E-state index contributed by atoms with van der Waals surface area (Å²) in [6, 6.07) is 13.8. The minimum atomic E-state index is -0.415. The van der Waals surface area contributed by atoms with Gasteiger partial charge in [-0.1, -0.05) is 24.3 Å². The number of nitrogens with zero attached hydrogens (tertiary/aromatic N) is 4. The maximum atomic E-state index is 12.4. The molecule has 0 saturated carbocycles. The number of nitrogens with two attached hydrogens (primary N) is 4. The lowest BCUT2D eigenvalue weighted by Crippen LogP contribution is -2.22. The molecule has 0 spiro atoms. The standard InChI is InChI=1S/C19H24N10O/c1-11(26-28-17(20)21)13-5-3-7-15(9-13)24-19(30)25-16-8-4-6-14(10-16)12(2)27-29-18(22)23/h3-10H,1-2H3,(H4,20,21,28)(H4,22,23,29)(H2,24,25,30)/b26-11-,27-12+. The molecular weight excluding hydrogens is 384 g/mol. The van der Waals surface area contributed by atoms with Gasteiger partial charge in [0.25, 0.3) is 0 Å². The van der Waals surface area contributed by atoms with E-state index in [0.717, 1.165) is 11.1 Å². The number of guanidine groups is 2. The molecule has 11 nitrogen and oxygen atoms in total. The van der Waals surface area contributed by atoms with Crippen LogP contribution >= 0.6 is 0 Å². The number of benzene rings is 2. The number of amides is 2. The molecular formula is C19H24N10O. The number of carbonyl (C=O) groups excluding carboxylic acids is 1. The first-order valence-electron chi connectivity index (χ1n) is 8.80. The van der Waals surface area contributed by atoms with Crippen molar-refractivity contribution in [1.29, 1.82) is 0 Å². The molecule has 0 aromatic heterocycles. The van der Waals surface area contributed by atoms with Crippen LogP contribution < -0.4 is 33.6 Å². The van der Waals surface area contributed by atoms with E-state index in [4.69, 9.17) is 22.9 Å². The molecule has 0 unspecified atom stereocenters. The van der Waals surface area contributed by atoms with Gasteiger partial charge in [0, 0.05) is 11.4 Å². The van der Waals surface area contributed by atoms with Crippen molar-refractivity contribution in [2.75, 3.05) is 10.6 Å². The minimum absolute atomic E-state index is 0.135. The molecule has 2 amide bonds. The van der Waals surface area contributed by atoms with Crippen molar-refractivity contribution in [2.45, 2.75) is 13.8 Å². The molecule has 0 fully saturated rings. The Bertz CT molecular complexity index is 950. The zero-order valence-corrected chi connectivity index (χ0v) is 16.6. The first-order valence-corrected chi connectivity index (χ1v) is 8.80. The third-order valence-electron chi connectivity index (χ3n) is 3.71. The molecule has 156 valence electrons. The Morgan fingerprint density at radius 1 is 0.700 bits per heavy atom. The molecule has 30 heavy (non-hydrogen) atoms. The Morgan fingerprint density at radius 3 is 1.47 bits per heavy atom. The first-order chi connectivity index (χ1) is 14.2. The van der Waals surface area contributed by atoms with Gasteiger partial charge in [0.1, 0.15) is 0 Å². The average molecular weight is 408 g/mol. The Balaban J connectivity index is 2.10. The second-order valence-electron chi connectivity index (χ2n) is 6.16. The first kappa shape index (κ1) is 21.9. The zero-order chi connectivity index (χ0) is 22.1. The highest BCUT2D eigenvalue weighted by Gasteiger charge is 2.06. The normalized spacial score (nSPS) is 11.4. The van der Waals surface area contributed by atoms with E-state index in [1.165, 1.54) is 0 Å². The number of hydrogen-bond donors (Lipinski definition) is 6. The number of carbonyl (C=O) groups is 1. The predicted molar refractivity (Wildman–Crippen MR) is 122 cm³/mol. The van der Waals surface area contributed by atoms with Gasteiger partial charge in [-0.2, -0.15) is 10.2 Å². The van der Waals surface area contributed by atoms with Crippen LogP contribution in [0.5, 0.6) is 0 Å². The number of anilines is 2. The van der Waals surface area contributed by atoms with Crippen LogP contribution in [0.3, 0.4) is 0 Å². The summed E-state index contributed by atoms with van der Waals surface area (Å²) in [6.45, 7) is 3.51. The van der Waals surface area contributed by atoms with Gasteiger partial charge in [0.15, 0.2) is 0 Å². The summed E-state index contributed by atoms with van der Waals surface area (Å²) in [5.74, 6) is -0.271. The van der Waals surface area contributed by atoms with Gasteiger partial charge in [-0.05, 0) is 49.2 Å². The van der Waals surface area contributed by atoms with E-state index in [0.29, 0.717) is 22.8 Å². The highest BCUT2D eigenvalue weighted by Crippen LogP contribution is 2.15. The second kappa shape index (κ2) is 10.2. The van der Waals surface area contributed by atoms with Crippen LogP contribution in [0, 0.1) is 0 Å². The summed E-state index contributed by atoms with van der Waals surface area (Å²) in [6.07, 6.45) is 0. The van der Waals surface area contributed by atoms with E-state index in [1.54, 1.807) is 50.2 Å². The number of hydrogen-bond acceptors (Lipinski definition) is 5. The SMILES string of the molecule is C/C(=N/N=C(N)N)c1cccc(NC(=O)Nc2cccc(/C(C)=N/N=C(N)N)c2)c1. The Labute approximate surface area is 173 Å². The van der Waals surface area contributed by atoms with E-state index in [9.17, 15) is 4.79 Å². The fourth-order valence-electron chi connectivity index (χ4n) is 2.32. The van der Waals surface area contributed by atoms with E-state index >= 15 is 0 Å². The summed E-state index contributed by atoms with van der Waals surface area (Å²) < 4.78 is 0. The summed E-state index contributed by atoms with van der Waals surface area (Å²) in [5, 5.41) is 20.6. The highest BCUT2D eigenvalue weighted by molar-refractivity contribution is 6.04. The fourth-order valence-corrected chi connectivity index (χ4v) is 2.32. The van der Waals surface area contributed by atoms with Crippen molar-refractivity contribution in [3.05, 3.63) is 59.7 Å². The van der Waals surface area contributed by atoms with Crippen molar-refractivity contribution < 1.29 is 4.79 Å². The topological polar surface area (TPSA) is 195 Å². The van der Waals surface area contributed by atoms with Crippen LogP contribution in [0.1, 0.15) is 25.0 Å². The quantitative estimate of drug-likeness (QED) is 0.238. The number of urea groups is 1. The molecule has 2 aromatic carbocycles. The summed E-state index contributed by atoms with van der Waals surface area (Å²) in [5.41, 5.74) is 25.0. The van der Waals surface area contributed by atoms with Gasteiger partial charge in [-0.25, -0.2) is 4.79 Å². The second-order valence-corrected chi connectivity index (χ2v) is 6.16. The molecule has 2 rings (SSSR count). The largest absolute Gasteiger partial charge is 0.369 e. The number of rotatable bonds is 6. The third kappa shape index (κ3) is 6.96. The van der Waals surface area contributed by atoms with Crippen LogP contribution in [-0.4, -0.2) is 29.4 Å². The van der Waals surface area contributed by atoms with Crippen LogP contribution in [0.4, 0.5) is 16.2 Å². The van der Waals surface area contributed by atoms with Gasteiger partial charge in [0.2, 0.25) is 11.9 Å². The van der Waals surface area contributed by atoms with Crippen LogP contribution in [-0.2, 0) is 0 Å². The van der Waals surface area contributed by atoms with Crippen LogP contribution in [0.15, 0.2) is 68.9 Å². The van der Waals surface area contributed by atoms with Gasteiger partial charge in [0.05, 0.1) is 11.4 Å². The predicted octanol–water partition coefficient (Wildman–Crippen LogP) is 1.33. The lowest BCUT2D eigenvalue weighted by Gasteiger charge is -2.10. The van der Waals surface area contributed by atoms with Crippen molar-refractivity contribution in [1.82, 2.24) is 0 Å². The number of nitrogens with one attached hydrogen (secondary N) is 2. The monoisotopic (exact) mass is 408 g/mol. The molecule has 0 heterocycles. The molecule has 0 aliphatic carbocycles. The highest BCUT2D eigenvalue weighted by atomic mass is 16.2. The molecule has 0 atom stereocenters. The molecule has 0 bridgehead atoms. The van der Waals surface area contributed by atoms with E-state index in [-0.39, 0.29) is 11.9 Å². The Hall–Kier alpha value is -4.41. The molecule has 11 heteroatoms. The average Bonchev–Trinajstić information content (AvgIpc) is 2.70. The summed E-state index contributed by atoms with van der Waals surface area (Å²) >= 11 is 0. The van der Waals surface area contributed by atoms with Crippen molar-refractivity contribution >= 4 is 40.7 Å². The van der Waals surface area contributed by atoms with Gasteiger partial charge in [-0.15, -0.1) is 10.2 Å². The van der Waals surface area contributed by atoms with Gasteiger partial charge in [-0.3, -0.25) is 0 Å². The van der Waals surface area contributed by atoms with Gasteiger partial charge < -0.3 is 33.6 Å². The molecule has 0 saturated heterocycles. The van der Waals surface area contributed by atoms with Crippen LogP contribution in [0.25, 0.3) is 0 Å². The minimum Gasteiger partial charge on any atom is -0.369 e. The third-order valence-corrected chi connectivity index (χ3v) is 3.71. The van der Waals surface area contributed by atoms with E-state index in [2.05, 4.69) is 31.0 Å². The zero-order valence-electron chi connectivity index (χ0n) is 16.6. The summed E-state index contributed by atoms with van der Waals surface area (Å²) in [4.78, 5) is 12.4. The molecule has 10 N–H and O–H groups in total. The van der Waals surface area contributed by atoms with Crippen molar-refractivity contribution in [2.24, 2.45) is 43.3 Å². The lowest BCUT2D eigenvalue weighted by atomic mass is 10.1. The molecule has 2 aromatic rings. The smallest absolute Gasteiger partial charge is 0.323 e.